The topological polar surface area (TPSA) is 98.5 Å². The van der Waals surface area contributed by atoms with E-state index < -0.39 is 33.5 Å². The Hall–Kier alpha value is -3.01. The van der Waals surface area contributed by atoms with Gasteiger partial charge in [0.05, 0.1) is 11.5 Å². The van der Waals surface area contributed by atoms with Crippen molar-refractivity contribution in [3.05, 3.63) is 83.4 Å². The number of carbonyl (C=O) groups is 1. The number of benzene rings is 3. The fourth-order valence-corrected chi connectivity index (χ4v) is 5.84. The molecule has 10 heteroatoms. The van der Waals surface area contributed by atoms with E-state index in [0.29, 0.717) is 28.9 Å². The number of primary amides is 1. The van der Waals surface area contributed by atoms with Gasteiger partial charge in [-0.3, -0.25) is 4.79 Å². The zero-order valence-corrected chi connectivity index (χ0v) is 22.2. The summed E-state index contributed by atoms with van der Waals surface area (Å²) in [6, 6.07) is 14.9. The van der Waals surface area contributed by atoms with Crippen molar-refractivity contribution in [2.45, 2.75) is 49.0 Å². The average Bonchev–Trinajstić information content (AvgIpc) is 2.92. The number of hydrogen-bond donors (Lipinski definition) is 2. The van der Waals surface area contributed by atoms with E-state index in [1.807, 2.05) is 0 Å². The summed E-state index contributed by atoms with van der Waals surface area (Å²) in [7, 11) is -4.50. The van der Waals surface area contributed by atoms with Crippen LogP contribution in [0.4, 0.5) is 8.78 Å². The Labute approximate surface area is 226 Å². The second-order valence-corrected chi connectivity index (χ2v) is 11.6. The standard InChI is InChI=1S/C28H29ClF2N2O4S/c29-23-12-8-21(9-13-23)20-6-10-22(11-7-20)28(30,31)26(27(32)34)33-38(35,36)25-16-14-24(15-17-25)37-18-19-4-2-1-3-5-19/h6-17,19,26,33H,1-5,18H2,(H2,32,34)/t26-/m0/s1. The molecule has 1 aliphatic rings. The van der Waals surface area contributed by atoms with Crippen molar-refractivity contribution in [1.29, 1.82) is 0 Å². The second kappa shape index (κ2) is 11.8. The van der Waals surface area contributed by atoms with Crippen molar-refractivity contribution >= 4 is 27.5 Å². The quantitative estimate of drug-likeness (QED) is 0.322. The number of alkyl halides is 2. The van der Waals surface area contributed by atoms with Gasteiger partial charge in [0.25, 0.3) is 5.92 Å². The molecule has 38 heavy (non-hydrogen) atoms. The molecule has 1 saturated carbocycles. The maximum absolute atomic E-state index is 15.4. The van der Waals surface area contributed by atoms with E-state index in [4.69, 9.17) is 22.1 Å². The molecular formula is C28H29ClF2N2O4S. The number of ether oxygens (including phenoxy) is 1. The molecule has 0 radical (unpaired) electrons. The maximum atomic E-state index is 15.4. The summed E-state index contributed by atoms with van der Waals surface area (Å²) in [5.74, 6) is -4.48. The smallest absolute Gasteiger partial charge is 0.298 e. The molecule has 0 aromatic heterocycles. The number of halogens is 3. The lowest BCUT2D eigenvalue weighted by Crippen LogP contribution is -2.53. The molecule has 0 aliphatic heterocycles. The van der Waals surface area contributed by atoms with Crippen molar-refractivity contribution in [2.75, 3.05) is 6.61 Å². The number of sulfonamides is 1. The minimum absolute atomic E-state index is 0.289. The molecule has 6 nitrogen and oxygen atoms in total. The van der Waals surface area contributed by atoms with Gasteiger partial charge in [-0.15, -0.1) is 0 Å². The van der Waals surface area contributed by atoms with E-state index >= 15 is 8.78 Å². The van der Waals surface area contributed by atoms with E-state index in [0.717, 1.165) is 30.5 Å². The van der Waals surface area contributed by atoms with Crippen LogP contribution in [-0.4, -0.2) is 27.0 Å². The van der Waals surface area contributed by atoms with Gasteiger partial charge in [0, 0.05) is 10.6 Å². The highest BCUT2D eigenvalue weighted by molar-refractivity contribution is 7.89. The van der Waals surface area contributed by atoms with Crippen molar-refractivity contribution in [1.82, 2.24) is 4.72 Å². The highest BCUT2D eigenvalue weighted by atomic mass is 35.5. The molecule has 0 saturated heterocycles. The predicted molar refractivity (Wildman–Crippen MR) is 143 cm³/mol. The van der Waals surface area contributed by atoms with Gasteiger partial charge in [-0.2, -0.15) is 13.5 Å². The minimum Gasteiger partial charge on any atom is -0.493 e. The van der Waals surface area contributed by atoms with Crippen LogP contribution in [0.1, 0.15) is 37.7 Å². The van der Waals surface area contributed by atoms with Gasteiger partial charge in [0.1, 0.15) is 5.75 Å². The van der Waals surface area contributed by atoms with Crippen LogP contribution in [0.2, 0.25) is 5.02 Å². The Balaban J connectivity index is 1.47. The molecule has 0 bridgehead atoms. The molecule has 3 aromatic carbocycles. The Morgan fingerprint density at radius 2 is 1.50 bits per heavy atom. The third-order valence-electron chi connectivity index (χ3n) is 6.71. The molecule has 0 spiro atoms. The van der Waals surface area contributed by atoms with E-state index in [1.54, 1.807) is 29.0 Å². The SMILES string of the molecule is NC(=O)[C@H](NS(=O)(=O)c1ccc(OCC2CCCCC2)cc1)C(F)(F)c1ccc(-c2ccc(Cl)cc2)cc1. The molecule has 0 unspecified atom stereocenters. The van der Waals surface area contributed by atoms with E-state index in [1.165, 1.54) is 55.7 Å². The fraction of sp³-hybridized carbons (Fsp3) is 0.321. The Bertz CT molecular complexity index is 1340. The molecule has 0 heterocycles. The van der Waals surface area contributed by atoms with Crippen LogP contribution in [0.15, 0.2) is 77.7 Å². The third-order valence-corrected chi connectivity index (χ3v) is 8.40. The lowest BCUT2D eigenvalue weighted by atomic mass is 9.90. The van der Waals surface area contributed by atoms with E-state index in [-0.39, 0.29) is 4.90 Å². The van der Waals surface area contributed by atoms with Gasteiger partial charge >= 0.3 is 0 Å². The van der Waals surface area contributed by atoms with Crippen molar-refractivity contribution in [2.24, 2.45) is 11.7 Å². The first-order valence-corrected chi connectivity index (χ1v) is 14.2. The van der Waals surface area contributed by atoms with Crippen molar-refractivity contribution in [3.63, 3.8) is 0 Å². The number of carbonyl (C=O) groups excluding carboxylic acids is 1. The molecular weight excluding hydrogens is 534 g/mol. The number of nitrogens with one attached hydrogen (secondary N) is 1. The Morgan fingerprint density at radius 1 is 0.947 bits per heavy atom. The first-order chi connectivity index (χ1) is 18.1. The largest absolute Gasteiger partial charge is 0.493 e. The van der Waals surface area contributed by atoms with Crippen LogP contribution < -0.4 is 15.2 Å². The maximum Gasteiger partial charge on any atom is 0.298 e. The van der Waals surface area contributed by atoms with Gasteiger partial charge in [-0.05, 0) is 66.3 Å². The molecule has 3 N–H and O–H groups in total. The van der Waals surface area contributed by atoms with Gasteiger partial charge in [0.2, 0.25) is 15.9 Å². The molecule has 1 aliphatic carbocycles. The summed E-state index contributed by atoms with van der Waals surface area (Å²) in [6.07, 6.45) is 5.78. The van der Waals surface area contributed by atoms with Crippen molar-refractivity contribution < 1.29 is 26.7 Å². The molecule has 1 atom stereocenters. The molecule has 3 aromatic rings. The van der Waals surface area contributed by atoms with Crippen molar-refractivity contribution in [3.8, 4) is 16.9 Å². The summed E-state index contributed by atoms with van der Waals surface area (Å²) in [5, 5.41) is 0.537. The molecule has 202 valence electrons. The monoisotopic (exact) mass is 562 g/mol. The lowest BCUT2D eigenvalue weighted by molar-refractivity contribution is -0.130. The van der Waals surface area contributed by atoms with Crippen LogP contribution in [0.25, 0.3) is 11.1 Å². The number of rotatable bonds is 10. The van der Waals surface area contributed by atoms with Gasteiger partial charge in [-0.25, -0.2) is 8.42 Å². The predicted octanol–water partition coefficient (Wildman–Crippen LogP) is 5.89. The molecule has 4 rings (SSSR count). The Kier molecular flexibility index (Phi) is 8.70. The first-order valence-electron chi connectivity index (χ1n) is 12.3. The average molecular weight is 563 g/mol. The summed E-state index contributed by atoms with van der Waals surface area (Å²) in [6.45, 7) is 0.539. The molecule has 1 amide bonds. The van der Waals surface area contributed by atoms with Crippen LogP contribution in [0.3, 0.4) is 0 Å². The zero-order chi connectivity index (χ0) is 27.3. The summed E-state index contributed by atoms with van der Waals surface area (Å²) >= 11 is 5.89. The summed E-state index contributed by atoms with van der Waals surface area (Å²) < 4.78 is 64.1. The van der Waals surface area contributed by atoms with Crippen LogP contribution >= 0.6 is 11.6 Å². The zero-order valence-electron chi connectivity index (χ0n) is 20.6. The molecule has 1 fully saturated rings. The number of hydrogen-bond acceptors (Lipinski definition) is 4. The number of amides is 1. The summed E-state index contributed by atoms with van der Waals surface area (Å²) in [5.41, 5.74) is 6.07. The highest BCUT2D eigenvalue weighted by Gasteiger charge is 2.47. The fourth-order valence-electron chi connectivity index (χ4n) is 4.51. The van der Waals surface area contributed by atoms with E-state index in [9.17, 15) is 13.2 Å². The van der Waals surface area contributed by atoms with Gasteiger partial charge in [-0.1, -0.05) is 67.3 Å². The first kappa shape index (κ1) is 28.0. The normalized spacial score (nSPS) is 15.7. The van der Waals surface area contributed by atoms with Crippen LogP contribution in [0, 0.1) is 5.92 Å². The summed E-state index contributed by atoms with van der Waals surface area (Å²) in [4.78, 5) is 11.7. The number of nitrogens with two attached hydrogens (primary N) is 1. The van der Waals surface area contributed by atoms with Crippen LogP contribution in [-0.2, 0) is 20.7 Å². The minimum atomic E-state index is -4.50. The van der Waals surface area contributed by atoms with Crippen LogP contribution in [0.5, 0.6) is 5.75 Å². The van der Waals surface area contributed by atoms with Gasteiger partial charge < -0.3 is 10.5 Å². The second-order valence-electron chi connectivity index (χ2n) is 9.45. The highest BCUT2D eigenvalue weighted by Crippen LogP contribution is 2.34. The Morgan fingerprint density at radius 3 is 2.05 bits per heavy atom. The third kappa shape index (κ3) is 6.70. The van der Waals surface area contributed by atoms with E-state index in [2.05, 4.69) is 0 Å². The van der Waals surface area contributed by atoms with Gasteiger partial charge in [0.15, 0.2) is 6.04 Å². The lowest BCUT2D eigenvalue weighted by Gasteiger charge is -2.26.